The Morgan fingerprint density at radius 2 is 2.20 bits per heavy atom. The topological polar surface area (TPSA) is 80.9 Å². The normalized spacial score (nSPS) is 10.8. The Labute approximate surface area is 121 Å². The van der Waals surface area contributed by atoms with Gasteiger partial charge in [0.2, 0.25) is 0 Å². The zero-order valence-electron chi connectivity index (χ0n) is 11.6. The minimum absolute atomic E-state index is 0.191. The fourth-order valence-corrected chi connectivity index (χ4v) is 2.81. The first kappa shape index (κ1) is 14.5. The highest BCUT2D eigenvalue weighted by Crippen LogP contribution is 2.26. The molecule has 2 aromatic heterocycles. The van der Waals surface area contributed by atoms with E-state index in [4.69, 9.17) is 0 Å². The van der Waals surface area contributed by atoms with Crippen molar-refractivity contribution in [2.24, 2.45) is 7.05 Å². The molecular weight excluding hydrogens is 276 g/mol. The van der Waals surface area contributed by atoms with Crippen LogP contribution in [-0.4, -0.2) is 30.8 Å². The molecule has 0 atom stereocenters. The molecule has 0 bridgehead atoms. The zero-order chi connectivity index (χ0) is 14.7. The van der Waals surface area contributed by atoms with Crippen molar-refractivity contribution < 1.29 is 9.90 Å². The summed E-state index contributed by atoms with van der Waals surface area (Å²) in [7, 11) is 1.85. The molecule has 0 amide bonds. The van der Waals surface area contributed by atoms with E-state index in [0.29, 0.717) is 28.7 Å². The van der Waals surface area contributed by atoms with E-state index in [1.54, 1.807) is 17.8 Å². The van der Waals surface area contributed by atoms with Gasteiger partial charge in [0.25, 0.3) is 0 Å². The molecule has 0 aliphatic heterocycles. The molecule has 7 heteroatoms. The number of hydrogen-bond acceptors (Lipinski definition) is 5. The van der Waals surface area contributed by atoms with Crippen molar-refractivity contribution in [3.05, 3.63) is 35.0 Å². The van der Waals surface area contributed by atoms with E-state index < -0.39 is 5.97 Å². The van der Waals surface area contributed by atoms with Gasteiger partial charge in [-0.1, -0.05) is 6.92 Å². The Balaban J connectivity index is 2.28. The quantitative estimate of drug-likeness (QED) is 0.671. The molecule has 0 aliphatic rings. The molecule has 6 nitrogen and oxygen atoms in total. The highest BCUT2D eigenvalue weighted by atomic mass is 32.2. The van der Waals surface area contributed by atoms with Crippen LogP contribution in [0.3, 0.4) is 0 Å². The Hall–Kier alpha value is -1.89. The number of rotatable bonds is 5. The highest BCUT2D eigenvalue weighted by molar-refractivity contribution is 7.98. The lowest BCUT2D eigenvalue weighted by Gasteiger charge is -2.08. The summed E-state index contributed by atoms with van der Waals surface area (Å²) in [5, 5.41) is 13.9. The third kappa shape index (κ3) is 3.16. The molecular formula is C13H16N4O2S. The van der Waals surface area contributed by atoms with Crippen molar-refractivity contribution in [2.45, 2.75) is 31.0 Å². The Kier molecular flexibility index (Phi) is 4.39. The lowest BCUT2D eigenvalue weighted by Crippen LogP contribution is -2.09. The van der Waals surface area contributed by atoms with E-state index in [9.17, 15) is 9.90 Å². The molecule has 0 fully saturated rings. The lowest BCUT2D eigenvalue weighted by atomic mass is 10.2. The van der Waals surface area contributed by atoms with E-state index in [2.05, 4.69) is 15.1 Å². The summed E-state index contributed by atoms with van der Waals surface area (Å²) in [4.78, 5) is 19.9. The molecule has 2 heterocycles. The maximum absolute atomic E-state index is 11.3. The fraction of sp³-hybridized carbons (Fsp3) is 0.385. The number of nitrogens with zero attached hydrogens (tertiary/aromatic N) is 4. The van der Waals surface area contributed by atoms with Crippen molar-refractivity contribution in [2.75, 3.05) is 0 Å². The van der Waals surface area contributed by atoms with Crippen molar-refractivity contribution >= 4 is 17.7 Å². The van der Waals surface area contributed by atoms with E-state index in [-0.39, 0.29) is 5.56 Å². The first-order chi connectivity index (χ1) is 9.51. The maximum atomic E-state index is 11.3. The van der Waals surface area contributed by atoms with Crippen LogP contribution in [0.15, 0.2) is 17.4 Å². The van der Waals surface area contributed by atoms with Crippen LogP contribution in [0.4, 0.5) is 0 Å². The molecule has 106 valence electrons. The summed E-state index contributed by atoms with van der Waals surface area (Å²) in [6, 6.07) is 0. The molecule has 0 saturated heterocycles. The van der Waals surface area contributed by atoms with Gasteiger partial charge in [-0.05, 0) is 6.92 Å². The number of hydrogen-bond donors (Lipinski definition) is 1. The summed E-state index contributed by atoms with van der Waals surface area (Å²) in [6.45, 7) is 3.66. The summed E-state index contributed by atoms with van der Waals surface area (Å²) in [6.07, 6.45) is 4.35. The zero-order valence-corrected chi connectivity index (χ0v) is 12.4. The van der Waals surface area contributed by atoms with Gasteiger partial charge >= 0.3 is 5.97 Å². The molecule has 0 unspecified atom stereocenters. The predicted molar refractivity (Wildman–Crippen MR) is 75.9 cm³/mol. The van der Waals surface area contributed by atoms with Crippen LogP contribution in [0, 0.1) is 6.92 Å². The number of carbonyl (C=O) groups is 1. The molecule has 2 rings (SSSR count). The number of aromatic nitrogens is 4. The standard InChI is InChI=1S/C13H16N4O2S/c1-4-10-15-8(2)11(13(18)19)12(16-10)20-7-9-5-14-17(3)6-9/h5-6H,4,7H2,1-3H3,(H,18,19). The van der Waals surface area contributed by atoms with Crippen LogP contribution < -0.4 is 0 Å². The first-order valence-corrected chi connectivity index (χ1v) is 7.21. The predicted octanol–water partition coefficient (Wildman–Crippen LogP) is 2.07. The summed E-state index contributed by atoms with van der Waals surface area (Å²) in [5.41, 5.74) is 1.73. The van der Waals surface area contributed by atoms with Crippen LogP contribution in [0.2, 0.25) is 0 Å². The van der Waals surface area contributed by atoms with Crippen LogP contribution >= 0.6 is 11.8 Å². The summed E-state index contributed by atoms with van der Waals surface area (Å²) in [5.74, 6) is 0.313. The number of aromatic carboxylic acids is 1. The van der Waals surface area contributed by atoms with Crippen molar-refractivity contribution in [3.63, 3.8) is 0 Å². The van der Waals surface area contributed by atoms with Gasteiger partial charge in [-0.15, -0.1) is 11.8 Å². The van der Waals surface area contributed by atoms with Gasteiger partial charge in [0, 0.05) is 31.0 Å². The fourth-order valence-electron chi connectivity index (χ4n) is 1.81. The van der Waals surface area contributed by atoms with Gasteiger partial charge < -0.3 is 5.11 Å². The largest absolute Gasteiger partial charge is 0.478 e. The molecule has 0 aromatic carbocycles. The molecule has 20 heavy (non-hydrogen) atoms. The molecule has 0 spiro atoms. The second kappa shape index (κ2) is 6.04. The van der Waals surface area contributed by atoms with Crippen LogP contribution in [0.5, 0.6) is 0 Å². The number of carboxylic acids is 1. The van der Waals surface area contributed by atoms with Gasteiger partial charge in [-0.3, -0.25) is 4.68 Å². The smallest absolute Gasteiger partial charge is 0.340 e. The number of thioether (sulfide) groups is 1. The SMILES string of the molecule is CCc1nc(C)c(C(=O)O)c(SCc2cnn(C)c2)n1. The monoisotopic (exact) mass is 292 g/mol. The third-order valence-electron chi connectivity index (χ3n) is 2.77. The molecule has 0 saturated carbocycles. The highest BCUT2D eigenvalue weighted by Gasteiger charge is 2.18. The number of aryl methyl sites for hydroxylation is 3. The Morgan fingerprint density at radius 3 is 2.75 bits per heavy atom. The van der Waals surface area contributed by atoms with Gasteiger partial charge in [0.05, 0.1) is 11.9 Å². The van der Waals surface area contributed by atoms with Gasteiger partial charge in [-0.25, -0.2) is 14.8 Å². The molecule has 1 N–H and O–H groups in total. The third-order valence-corrected chi connectivity index (χ3v) is 3.81. The van der Waals surface area contributed by atoms with Crippen LogP contribution in [-0.2, 0) is 19.2 Å². The second-order valence-electron chi connectivity index (χ2n) is 4.38. The van der Waals surface area contributed by atoms with Crippen molar-refractivity contribution in [1.82, 2.24) is 19.7 Å². The van der Waals surface area contributed by atoms with Crippen molar-refractivity contribution in [1.29, 1.82) is 0 Å². The maximum Gasteiger partial charge on any atom is 0.340 e. The molecule has 0 aliphatic carbocycles. The van der Waals surface area contributed by atoms with E-state index in [0.717, 1.165) is 5.56 Å². The molecule has 2 aromatic rings. The summed E-state index contributed by atoms with van der Waals surface area (Å²) < 4.78 is 1.72. The van der Waals surface area contributed by atoms with Crippen molar-refractivity contribution in [3.8, 4) is 0 Å². The van der Waals surface area contributed by atoms with Gasteiger partial charge in [0.1, 0.15) is 16.4 Å². The van der Waals surface area contributed by atoms with E-state index >= 15 is 0 Å². The number of carboxylic acid groups (broad SMARTS) is 1. The van der Waals surface area contributed by atoms with E-state index in [1.807, 2.05) is 20.2 Å². The lowest BCUT2D eigenvalue weighted by molar-refractivity contribution is 0.0690. The average Bonchev–Trinajstić information content (AvgIpc) is 2.81. The Morgan fingerprint density at radius 1 is 1.45 bits per heavy atom. The van der Waals surface area contributed by atoms with E-state index in [1.165, 1.54) is 11.8 Å². The minimum atomic E-state index is -0.987. The summed E-state index contributed by atoms with van der Waals surface area (Å²) >= 11 is 1.40. The van der Waals surface area contributed by atoms with Crippen LogP contribution in [0.1, 0.15) is 34.4 Å². The minimum Gasteiger partial charge on any atom is -0.478 e. The van der Waals surface area contributed by atoms with Crippen LogP contribution in [0.25, 0.3) is 0 Å². The average molecular weight is 292 g/mol. The first-order valence-electron chi connectivity index (χ1n) is 6.22. The molecule has 0 radical (unpaired) electrons. The second-order valence-corrected chi connectivity index (χ2v) is 5.34. The Bertz CT molecular complexity index is 639. The van der Waals surface area contributed by atoms with Gasteiger partial charge in [0.15, 0.2) is 0 Å². The van der Waals surface area contributed by atoms with Gasteiger partial charge in [-0.2, -0.15) is 5.10 Å².